The van der Waals surface area contributed by atoms with Crippen LogP contribution in [0.3, 0.4) is 0 Å². The fourth-order valence-corrected chi connectivity index (χ4v) is 4.98. The molecule has 0 aliphatic carbocycles. The van der Waals surface area contributed by atoms with Crippen LogP contribution in [0.15, 0.2) is 24.5 Å². The van der Waals surface area contributed by atoms with E-state index in [1.165, 1.54) is 6.42 Å². The maximum atomic E-state index is 12.5. The van der Waals surface area contributed by atoms with Gasteiger partial charge in [0.1, 0.15) is 5.01 Å². The molecular formula is C19H25N5OS. The highest BCUT2D eigenvalue weighted by Crippen LogP contribution is 2.41. The van der Waals surface area contributed by atoms with Crippen molar-refractivity contribution in [1.82, 2.24) is 20.1 Å². The summed E-state index contributed by atoms with van der Waals surface area (Å²) >= 11 is 1.71. The molecule has 0 unspecified atom stereocenters. The number of aryl methyl sites for hydroxylation is 1. The number of anilines is 1. The number of nitrogens with zero attached hydrogens (tertiary/aromatic N) is 5. The first-order valence-corrected chi connectivity index (χ1v) is 10.2. The topological polar surface area (TPSA) is 62.2 Å². The average molecular weight is 372 g/mol. The van der Waals surface area contributed by atoms with Crippen molar-refractivity contribution in [3.05, 3.63) is 35.1 Å². The number of rotatable bonds is 4. The molecule has 7 heteroatoms. The highest BCUT2D eigenvalue weighted by molar-refractivity contribution is 7.15. The smallest absolute Gasteiger partial charge is 0.222 e. The van der Waals surface area contributed by atoms with E-state index in [1.807, 2.05) is 23.2 Å². The molecule has 1 spiro atoms. The molecule has 4 rings (SSSR count). The average Bonchev–Trinajstić information content (AvgIpc) is 3.15. The van der Waals surface area contributed by atoms with Gasteiger partial charge in [-0.15, -0.1) is 10.2 Å². The van der Waals surface area contributed by atoms with Gasteiger partial charge in [0.25, 0.3) is 0 Å². The number of aromatic nitrogens is 3. The van der Waals surface area contributed by atoms with Crippen LogP contribution in [0, 0.1) is 5.41 Å². The van der Waals surface area contributed by atoms with Crippen molar-refractivity contribution in [2.24, 2.45) is 5.41 Å². The number of amides is 1. The van der Waals surface area contributed by atoms with E-state index < -0.39 is 0 Å². The maximum Gasteiger partial charge on any atom is 0.222 e. The second-order valence-corrected chi connectivity index (χ2v) is 8.51. The Hall–Kier alpha value is -2.02. The standard InChI is InChI=1S/C19H25N5OS/c1-2-16-21-22-18(26-16)23-10-4-7-19(13-23)8-6-17(25)24(14-19)12-15-5-3-9-20-11-15/h3,5,9,11H,2,4,6-8,10,12-14H2,1H3/t19-/m0/s1. The Morgan fingerprint density at radius 2 is 2.19 bits per heavy atom. The van der Waals surface area contributed by atoms with Crippen molar-refractivity contribution in [2.75, 3.05) is 24.5 Å². The van der Waals surface area contributed by atoms with Gasteiger partial charge in [0.05, 0.1) is 0 Å². The van der Waals surface area contributed by atoms with Crippen molar-refractivity contribution < 1.29 is 4.79 Å². The number of pyridine rings is 1. The van der Waals surface area contributed by atoms with E-state index in [4.69, 9.17) is 0 Å². The van der Waals surface area contributed by atoms with Gasteiger partial charge in [-0.25, -0.2) is 0 Å². The van der Waals surface area contributed by atoms with Crippen LogP contribution in [-0.2, 0) is 17.8 Å². The molecule has 1 amide bonds. The molecule has 0 N–H and O–H groups in total. The zero-order valence-electron chi connectivity index (χ0n) is 15.2. The molecule has 0 saturated carbocycles. The summed E-state index contributed by atoms with van der Waals surface area (Å²) in [5, 5.41) is 10.8. The summed E-state index contributed by atoms with van der Waals surface area (Å²) in [5.41, 5.74) is 1.27. The number of carbonyl (C=O) groups excluding carboxylic acids is 1. The van der Waals surface area contributed by atoms with E-state index >= 15 is 0 Å². The number of piperidine rings is 2. The molecule has 0 aromatic carbocycles. The van der Waals surface area contributed by atoms with Crippen molar-refractivity contribution in [3.8, 4) is 0 Å². The maximum absolute atomic E-state index is 12.5. The van der Waals surface area contributed by atoms with Crippen LogP contribution in [0.1, 0.15) is 43.2 Å². The molecule has 0 bridgehead atoms. The van der Waals surface area contributed by atoms with Gasteiger partial charge in [-0.2, -0.15) is 0 Å². The zero-order valence-corrected chi connectivity index (χ0v) is 16.0. The van der Waals surface area contributed by atoms with Crippen LogP contribution >= 0.6 is 11.3 Å². The third-order valence-corrected chi connectivity index (χ3v) is 6.66. The van der Waals surface area contributed by atoms with Crippen molar-refractivity contribution in [3.63, 3.8) is 0 Å². The largest absolute Gasteiger partial charge is 0.346 e. The van der Waals surface area contributed by atoms with E-state index in [0.29, 0.717) is 13.0 Å². The third kappa shape index (κ3) is 3.58. The third-order valence-electron chi connectivity index (χ3n) is 5.53. The summed E-state index contributed by atoms with van der Waals surface area (Å²) in [4.78, 5) is 21.1. The molecule has 2 aromatic rings. The first kappa shape index (κ1) is 17.4. The Kier molecular flexibility index (Phi) is 4.89. The second-order valence-electron chi connectivity index (χ2n) is 7.47. The molecule has 0 radical (unpaired) electrons. The Labute approximate surface area is 158 Å². The minimum atomic E-state index is 0.173. The van der Waals surface area contributed by atoms with Gasteiger partial charge in [-0.05, 0) is 37.3 Å². The zero-order chi connectivity index (χ0) is 18.0. The lowest BCUT2D eigenvalue weighted by Gasteiger charge is -2.48. The highest BCUT2D eigenvalue weighted by Gasteiger charge is 2.42. The van der Waals surface area contributed by atoms with Gasteiger partial charge < -0.3 is 9.80 Å². The van der Waals surface area contributed by atoms with E-state index in [0.717, 1.165) is 54.6 Å². The van der Waals surface area contributed by atoms with Gasteiger partial charge in [0, 0.05) is 50.4 Å². The molecule has 2 fully saturated rings. The van der Waals surface area contributed by atoms with Crippen LogP contribution in [0.2, 0.25) is 0 Å². The molecule has 26 heavy (non-hydrogen) atoms. The van der Waals surface area contributed by atoms with Crippen molar-refractivity contribution in [1.29, 1.82) is 0 Å². The Balaban J connectivity index is 1.49. The molecule has 4 heterocycles. The summed E-state index contributed by atoms with van der Waals surface area (Å²) < 4.78 is 0. The molecule has 1 atom stereocenters. The molecule has 138 valence electrons. The van der Waals surface area contributed by atoms with Crippen LogP contribution < -0.4 is 4.90 Å². The van der Waals surface area contributed by atoms with Crippen LogP contribution in [0.25, 0.3) is 0 Å². The van der Waals surface area contributed by atoms with Gasteiger partial charge in [0.2, 0.25) is 11.0 Å². The van der Waals surface area contributed by atoms with Gasteiger partial charge in [-0.3, -0.25) is 9.78 Å². The summed E-state index contributed by atoms with van der Waals surface area (Å²) in [6, 6.07) is 3.98. The van der Waals surface area contributed by atoms with Crippen LogP contribution in [0.4, 0.5) is 5.13 Å². The number of hydrogen-bond acceptors (Lipinski definition) is 6. The number of likely N-dealkylation sites (tertiary alicyclic amines) is 1. The first-order chi connectivity index (χ1) is 12.7. The van der Waals surface area contributed by atoms with Gasteiger partial charge in [-0.1, -0.05) is 24.3 Å². The predicted octanol–water partition coefficient (Wildman–Crippen LogP) is 2.90. The Morgan fingerprint density at radius 3 is 2.96 bits per heavy atom. The summed E-state index contributed by atoms with van der Waals surface area (Å²) in [5.74, 6) is 0.265. The summed E-state index contributed by atoms with van der Waals surface area (Å²) in [7, 11) is 0. The lowest BCUT2D eigenvalue weighted by molar-refractivity contribution is -0.138. The summed E-state index contributed by atoms with van der Waals surface area (Å²) in [6.45, 7) is 5.62. The fraction of sp³-hybridized carbons (Fsp3) is 0.579. The van der Waals surface area contributed by atoms with Crippen LogP contribution in [0.5, 0.6) is 0 Å². The van der Waals surface area contributed by atoms with E-state index in [-0.39, 0.29) is 11.3 Å². The predicted molar refractivity (Wildman–Crippen MR) is 102 cm³/mol. The Bertz CT molecular complexity index is 764. The SMILES string of the molecule is CCc1nnc(N2CCC[C@]3(CCC(=O)N(Cc4cccnc4)C3)C2)s1. The first-order valence-electron chi connectivity index (χ1n) is 9.41. The van der Waals surface area contributed by atoms with Gasteiger partial charge >= 0.3 is 0 Å². The fourth-order valence-electron chi connectivity index (χ4n) is 4.18. The van der Waals surface area contributed by atoms with Gasteiger partial charge in [0.15, 0.2) is 0 Å². The highest BCUT2D eigenvalue weighted by atomic mass is 32.1. The monoisotopic (exact) mass is 371 g/mol. The molecule has 6 nitrogen and oxygen atoms in total. The second kappa shape index (κ2) is 7.31. The number of hydrogen-bond donors (Lipinski definition) is 0. The van der Waals surface area contributed by atoms with E-state index in [2.05, 4.69) is 27.0 Å². The molecule has 2 aliphatic heterocycles. The number of carbonyl (C=O) groups is 1. The lowest BCUT2D eigenvalue weighted by atomic mass is 9.73. The van der Waals surface area contributed by atoms with Crippen LogP contribution in [-0.4, -0.2) is 45.6 Å². The summed E-state index contributed by atoms with van der Waals surface area (Å²) in [6.07, 6.45) is 8.51. The van der Waals surface area contributed by atoms with Crippen molar-refractivity contribution >= 4 is 22.4 Å². The van der Waals surface area contributed by atoms with E-state index in [9.17, 15) is 4.79 Å². The quantitative estimate of drug-likeness (QED) is 0.827. The normalized spacial score (nSPS) is 23.7. The molecule has 2 saturated heterocycles. The minimum absolute atomic E-state index is 0.173. The molecule has 2 aromatic heterocycles. The lowest BCUT2D eigenvalue weighted by Crippen LogP contribution is -2.53. The van der Waals surface area contributed by atoms with Crippen molar-refractivity contribution in [2.45, 2.75) is 45.6 Å². The molecule has 2 aliphatic rings. The minimum Gasteiger partial charge on any atom is -0.346 e. The van der Waals surface area contributed by atoms with E-state index in [1.54, 1.807) is 17.5 Å². The Morgan fingerprint density at radius 1 is 1.27 bits per heavy atom. The molecular weight excluding hydrogens is 346 g/mol.